The van der Waals surface area contributed by atoms with Crippen molar-refractivity contribution in [2.45, 2.75) is 12.0 Å². The van der Waals surface area contributed by atoms with Gasteiger partial charge in [-0.2, -0.15) is 0 Å². The molecule has 0 aliphatic heterocycles. The van der Waals surface area contributed by atoms with Crippen molar-refractivity contribution in [2.24, 2.45) is 5.73 Å². The lowest BCUT2D eigenvalue weighted by Gasteiger charge is -2.25. The molecule has 0 bridgehead atoms. The van der Waals surface area contributed by atoms with Gasteiger partial charge in [-0.15, -0.1) is 0 Å². The van der Waals surface area contributed by atoms with Crippen LogP contribution in [0.2, 0.25) is 0 Å². The summed E-state index contributed by atoms with van der Waals surface area (Å²) in [5, 5.41) is 18.7. The molecule has 0 fully saturated rings. The zero-order valence-corrected chi connectivity index (χ0v) is 9.43. The van der Waals surface area contributed by atoms with E-state index in [0.29, 0.717) is 5.57 Å². The minimum absolute atomic E-state index is 0.00412. The van der Waals surface area contributed by atoms with Gasteiger partial charge in [0.25, 0.3) is 0 Å². The average Bonchev–Trinajstić information content (AvgIpc) is 2.32. The molecule has 0 amide bonds. The number of halogens is 1. The van der Waals surface area contributed by atoms with E-state index in [1.165, 1.54) is 18.2 Å². The Labute approximate surface area is 103 Å². The second-order valence-corrected chi connectivity index (χ2v) is 4.23. The van der Waals surface area contributed by atoms with E-state index in [1.807, 2.05) is 0 Å². The molecular weight excluding hydrogens is 237 g/mol. The first kappa shape index (κ1) is 12.3. The molecule has 1 aliphatic carbocycles. The molecule has 0 heterocycles. The molecule has 0 aromatic heterocycles. The molecule has 1 aliphatic rings. The Morgan fingerprint density at radius 2 is 2.17 bits per heavy atom. The lowest BCUT2D eigenvalue weighted by Crippen LogP contribution is -2.46. The van der Waals surface area contributed by atoms with E-state index in [9.17, 15) is 14.3 Å². The zero-order chi connectivity index (χ0) is 13.3. The van der Waals surface area contributed by atoms with Gasteiger partial charge in [-0.1, -0.05) is 18.2 Å². The fourth-order valence-corrected chi connectivity index (χ4v) is 1.87. The number of aromatic hydroxyl groups is 1. The summed E-state index contributed by atoms with van der Waals surface area (Å²) in [5.41, 5.74) is 4.94. The number of aliphatic carboxylic acids is 1. The van der Waals surface area contributed by atoms with Crippen molar-refractivity contribution < 1.29 is 19.4 Å². The van der Waals surface area contributed by atoms with Crippen LogP contribution in [0.1, 0.15) is 12.0 Å². The number of phenolic OH excluding ortho intramolecular Hbond substituents is 1. The molecule has 94 valence electrons. The molecule has 4 nitrogen and oxygen atoms in total. The van der Waals surface area contributed by atoms with Crippen LogP contribution in [-0.2, 0) is 4.79 Å². The van der Waals surface area contributed by atoms with Crippen LogP contribution in [0.15, 0.2) is 36.4 Å². The summed E-state index contributed by atoms with van der Waals surface area (Å²) in [4.78, 5) is 11.1. The van der Waals surface area contributed by atoms with E-state index in [2.05, 4.69) is 0 Å². The summed E-state index contributed by atoms with van der Waals surface area (Å²) in [5.74, 6) is -1.78. The summed E-state index contributed by atoms with van der Waals surface area (Å²) < 4.78 is 13.1. The van der Waals surface area contributed by atoms with Crippen LogP contribution in [0.25, 0.3) is 5.57 Å². The first-order valence-electron chi connectivity index (χ1n) is 5.32. The maximum absolute atomic E-state index is 13.1. The minimum atomic E-state index is -1.52. The highest BCUT2D eigenvalue weighted by molar-refractivity contribution is 5.87. The van der Waals surface area contributed by atoms with Gasteiger partial charge >= 0.3 is 5.97 Å². The van der Waals surface area contributed by atoms with E-state index in [-0.39, 0.29) is 17.7 Å². The third-order valence-electron chi connectivity index (χ3n) is 2.88. The summed E-state index contributed by atoms with van der Waals surface area (Å²) in [6.07, 6.45) is 4.48. The second kappa shape index (κ2) is 4.27. The SMILES string of the molecule is NC1(C(=O)O)C=CC=C(c2cc(F)ccc2O)C1. The van der Waals surface area contributed by atoms with E-state index in [4.69, 9.17) is 10.8 Å². The van der Waals surface area contributed by atoms with Gasteiger partial charge in [0.15, 0.2) is 0 Å². The number of hydrogen-bond donors (Lipinski definition) is 3. The van der Waals surface area contributed by atoms with Crippen molar-refractivity contribution in [2.75, 3.05) is 0 Å². The van der Waals surface area contributed by atoms with Crippen LogP contribution in [-0.4, -0.2) is 21.7 Å². The number of phenols is 1. The lowest BCUT2D eigenvalue weighted by atomic mass is 9.84. The van der Waals surface area contributed by atoms with E-state index >= 15 is 0 Å². The van der Waals surface area contributed by atoms with Gasteiger partial charge in [-0.05, 0) is 23.8 Å². The Balaban J connectivity index is 2.41. The second-order valence-electron chi connectivity index (χ2n) is 4.23. The normalized spacial score (nSPS) is 22.7. The standard InChI is InChI=1S/C13H12FNO3/c14-9-3-4-11(16)10(6-9)8-2-1-5-13(15,7-8)12(17)18/h1-6,16H,7,15H2,(H,17,18). The molecule has 1 atom stereocenters. The first-order chi connectivity index (χ1) is 8.42. The molecule has 4 N–H and O–H groups in total. The molecule has 1 aromatic carbocycles. The number of hydrogen-bond acceptors (Lipinski definition) is 3. The van der Waals surface area contributed by atoms with Crippen molar-refractivity contribution >= 4 is 11.5 Å². The number of carbonyl (C=O) groups is 1. The number of carboxylic acid groups (broad SMARTS) is 1. The monoisotopic (exact) mass is 249 g/mol. The largest absolute Gasteiger partial charge is 0.507 e. The van der Waals surface area contributed by atoms with Gasteiger partial charge < -0.3 is 15.9 Å². The fraction of sp³-hybridized carbons (Fsp3) is 0.154. The van der Waals surface area contributed by atoms with Gasteiger partial charge in [0.2, 0.25) is 0 Å². The van der Waals surface area contributed by atoms with Crippen LogP contribution in [0, 0.1) is 5.82 Å². The molecule has 0 saturated heterocycles. The summed E-state index contributed by atoms with van der Waals surface area (Å²) in [7, 11) is 0. The number of allylic oxidation sites excluding steroid dienone is 2. The highest BCUT2D eigenvalue weighted by Gasteiger charge is 2.34. The van der Waals surface area contributed by atoms with Crippen LogP contribution >= 0.6 is 0 Å². The minimum Gasteiger partial charge on any atom is -0.507 e. The fourth-order valence-electron chi connectivity index (χ4n) is 1.87. The van der Waals surface area contributed by atoms with Crippen LogP contribution in [0.5, 0.6) is 5.75 Å². The highest BCUT2D eigenvalue weighted by Crippen LogP contribution is 2.33. The van der Waals surface area contributed by atoms with Crippen LogP contribution in [0.3, 0.4) is 0 Å². The van der Waals surface area contributed by atoms with Gasteiger partial charge in [0, 0.05) is 12.0 Å². The Morgan fingerprint density at radius 1 is 1.44 bits per heavy atom. The van der Waals surface area contributed by atoms with Gasteiger partial charge in [-0.3, -0.25) is 0 Å². The molecule has 0 spiro atoms. The lowest BCUT2D eigenvalue weighted by molar-refractivity contribution is -0.141. The van der Waals surface area contributed by atoms with Crippen molar-refractivity contribution in [3.63, 3.8) is 0 Å². The number of carboxylic acids is 1. The zero-order valence-electron chi connectivity index (χ0n) is 9.43. The highest BCUT2D eigenvalue weighted by atomic mass is 19.1. The third kappa shape index (κ3) is 2.12. The predicted octanol–water partition coefficient (Wildman–Crippen LogP) is 1.66. The third-order valence-corrected chi connectivity index (χ3v) is 2.88. The first-order valence-corrected chi connectivity index (χ1v) is 5.32. The number of rotatable bonds is 2. The predicted molar refractivity (Wildman–Crippen MR) is 64.4 cm³/mol. The van der Waals surface area contributed by atoms with Crippen LogP contribution in [0.4, 0.5) is 4.39 Å². The van der Waals surface area contributed by atoms with Crippen molar-refractivity contribution in [3.05, 3.63) is 47.8 Å². The molecule has 18 heavy (non-hydrogen) atoms. The van der Waals surface area contributed by atoms with Gasteiger partial charge in [0.05, 0.1) is 0 Å². The average molecular weight is 249 g/mol. The summed E-state index contributed by atoms with van der Waals surface area (Å²) in [6.45, 7) is 0. The molecule has 1 unspecified atom stereocenters. The Kier molecular flexibility index (Phi) is 2.92. The van der Waals surface area contributed by atoms with E-state index in [1.54, 1.807) is 6.08 Å². The summed E-state index contributed by atoms with van der Waals surface area (Å²) in [6, 6.07) is 3.51. The topological polar surface area (TPSA) is 83.6 Å². The molecule has 1 aromatic rings. The van der Waals surface area contributed by atoms with Crippen LogP contribution < -0.4 is 5.73 Å². The Bertz CT molecular complexity index is 565. The van der Waals surface area contributed by atoms with Crippen molar-refractivity contribution in [3.8, 4) is 5.75 Å². The van der Waals surface area contributed by atoms with Crippen molar-refractivity contribution in [1.29, 1.82) is 0 Å². The van der Waals surface area contributed by atoms with Gasteiger partial charge in [0.1, 0.15) is 17.1 Å². The van der Waals surface area contributed by atoms with E-state index < -0.39 is 17.3 Å². The molecule has 5 heteroatoms. The molecule has 2 rings (SSSR count). The van der Waals surface area contributed by atoms with Crippen molar-refractivity contribution in [1.82, 2.24) is 0 Å². The molecule has 0 radical (unpaired) electrons. The van der Waals surface area contributed by atoms with Gasteiger partial charge in [-0.25, -0.2) is 9.18 Å². The maximum atomic E-state index is 13.1. The molecule has 0 saturated carbocycles. The summed E-state index contributed by atoms with van der Waals surface area (Å²) >= 11 is 0. The smallest absolute Gasteiger partial charge is 0.328 e. The Morgan fingerprint density at radius 3 is 2.83 bits per heavy atom. The quantitative estimate of drug-likeness (QED) is 0.744. The number of benzene rings is 1. The maximum Gasteiger partial charge on any atom is 0.328 e. The molecular formula is C13H12FNO3. The van der Waals surface area contributed by atoms with E-state index in [0.717, 1.165) is 12.1 Å². The number of nitrogens with two attached hydrogens (primary N) is 1. The Hall–Kier alpha value is -2.14.